The van der Waals surface area contributed by atoms with Gasteiger partial charge in [-0.2, -0.15) is 0 Å². The number of nitrogens with one attached hydrogen (secondary N) is 2. The minimum absolute atomic E-state index is 0.192. The fourth-order valence-electron chi connectivity index (χ4n) is 1.22. The molecule has 6 heteroatoms. The van der Waals surface area contributed by atoms with Crippen LogP contribution < -0.4 is 16.4 Å². The Morgan fingerprint density at radius 2 is 2.21 bits per heavy atom. The highest BCUT2D eigenvalue weighted by atomic mass is 32.2. The Bertz CT molecular complexity index is 252. The van der Waals surface area contributed by atoms with Gasteiger partial charge >= 0.3 is 0 Å². The molecule has 0 aromatic rings. The minimum atomic E-state index is -1.07. The van der Waals surface area contributed by atoms with Gasteiger partial charge in [-0.1, -0.05) is 11.8 Å². The number of rotatable bonds is 3. The number of likely N-dealkylation sites (N-methyl/N-ethyl adjacent to an activating group) is 1. The molecule has 0 amide bonds. The van der Waals surface area contributed by atoms with Crippen LogP contribution in [0.25, 0.3) is 0 Å². The molecule has 14 heavy (non-hydrogen) atoms. The van der Waals surface area contributed by atoms with Crippen LogP contribution in [0.3, 0.4) is 0 Å². The van der Waals surface area contributed by atoms with E-state index in [9.17, 15) is 5.11 Å². The predicted octanol–water partition coefficient (Wildman–Crippen LogP) is -0.776. The van der Waals surface area contributed by atoms with Crippen LogP contribution in [0.2, 0.25) is 0 Å². The maximum atomic E-state index is 10.0. The van der Waals surface area contributed by atoms with Crippen molar-refractivity contribution < 1.29 is 5.11 Å². The molecule has 5 nitrogen and oxygen atoms in total. The molecule has 0 radical (unpaired) electrons. The summed E-state index contributed by atoms with van der Waals surface area (Å²) in [6, 6.07) is 0. The van der Waals surface area contributed by atoms with Gasteiger partial charge in [0.25, 0.3) is 0 Å². The molecule has 2 atom stereocenters. The quantitative estimate of drug-likeness (QED) is 0.466. The maximum Gasteiger partial charge on any atom is 0.156 e. The minimum Gasteiger partial charge on any atom is -0.371 e. The van der Waals surface area contributed by atoms with Crippen LogP contribution in [0.4, 0.5) is 0 Å². The van der Waals surface area contributed by atoms with Crippen LogP contribution in [0.15, 0.2) is 10.7 Å². The Kier molecular flexibility index (Phi) is 3.31. The largest absolute Gasteiger partial charge is 0.371 e. The lowest BCUT2D eigenvalue weighted by Gasteiger charge is -2.27. The van der Waals surface area contributed by atoms with Crippen molar-refractivity contribution >= 4 is 11.8 Å². The summed E-state index contributed by atoms with van der Waals surface area (Å²) >= 11 is 1.50. The molecule has 5 N–H and O–H groups in total. The summed E-state index contributed by atoms with van der Waals surface area (Å²) in [4.78, 5) is 1.94. The van der Waals surface area contributed by atoms with Crippen molar-refractivity contribution in [1.29, 1.82) is 0 Å². The van der Waals surface area contributed by atoms with Crippen LogP contribution >= 0.6 is 11.8 Å². The van der Waals surface area contributed by atoms with Gasteiger partial charge < -0.3 is 21.1 Å². The van der Waals surface area contributed by atoms with Crippen LogP contribution in [0.5, 0.6) is 0 Å². The third kappa shape index (κ3) is 2.14. The SMILES string of the molecule is CN[C@](C)(O)C1=C(N(C)C)SC(N)N1. The third-order valence-corrected chi connectivity index (χ3v) is 3.28. The van der Waals surface area contributed by atoms with Crippen LogP contribution in [-0.4, -0.2) is 42.4 Å². The molecule has 1 aliphatic rings. The first kappa shape index (κ1) is 11.6. The summed E-state index contributed by atoms with van der Waals surface area (Å²) in [5, 5.41) is 16.9. The average molecular weight is 218 g/mol. The lowest BCUT2D eigenvalue weighted by atomic mass is 10.2. The monoisotopic (exact) mass is 218 g/mol. The maximum absolute atomic E-state index is 10.0. The summed E-state index contributed by atoms with van der Waals surface area (Å²) in [5.74, 6) is 0. The molecule has 0 aromatic heterocycles. The van der Waals surface area contributed by atoms with Crippen molar-refractivity contribution in [2.45, 2.75) is 18.1 Å². The van der Waals surface area contributed by atoms with E-state index in [1.165, 1.54) is 11.8 Å². The highest BCUT2D eigenvalue weighted by Crippen LogP contribution is 2.33. The molecule has 0 aliphatic carbocycles. The average Bonchev–Trinajstić information content (AvgIpc) is 2.48. The number of nitrogens with two attached hydrogens (primary N) is 1. The van der Waals surface area contributed by atoms with Gasteiger partial charge in [-0.25, -0.2) is 0 Å². The Morgan fingerprint density at radius 3 is 2.64 bits per heavy atom. The molecule has 0 aromatic carbocycles. The molecule has 1 aliphatic heterocycles. The zero-order chi connectivity index (χ0) is 10.9. The lowest BCUT2D eigenvalue weighted by molar-refractivity contribution is 0.0614. The number of nitrogens with zero attached hydrogens (tertiary/aromatic N) is 1. The van der Waals surface area contributed by atoms with Crippen molar-refractivity contribution in [3.05, 3.63) is 10.7 Å². The molecule has 1 heterocycles. The fraction of sp³-hybridized carbons (Fsp3) is 0.750. The molecule has 1 unspecified atom stereocenters. The van der Waals surface area contributed by atoms with E-state index in [4.69, 9.17) is 5.73 Å². The van der Waals surface area contributed by atoms with Gasteiger partial charge in [0.15, 0.2) is 5.72 Å². The van der Waals surface area contributed by atoms with E-state index in [0.29, 0.717) is 0 Å². The van der Waals surface area contributed by atoms with Gasteiger partial charge in [-0.15, -0.1) is 0 Å². The Labute approximate surface area is 88.7 Å². The van der Waals surface area contributed by atoms with Crippen LogP contribution in [-0.2, 0) is 0 Å². The van der Waals surface area contributed by atoms with E-state index in [2.05, 4.69) is 10.6 Å². The standard InChI is InChI=1S/C8H18N4OS/c1-8(13,10-2)5-6(12(3)4)14-7(9)11-5/h7,10-11,13H,9H2,1-4H3/t7?,8-/m1/s1. The second-order valence-electron chi connectivity index (χ2n) is 3.58. The number of aliphatic hydroxyl groups is 1. The lowest BCUT2D eigenvalue weighted by Crippen LogP contribution is -2.48. The van der Waals surface area contributed by atoms with Gasteiger partial charge in [0.2, 0.25) is 0 Å². The van der Waals surface area contributed by atoms with Crippen molar-refractivity contribution in [2.24, 2.45) is 5.73 Å². The molecule has 0 fully saturated rings. The molecular weight excluding hydrogens is 200 g/mol. The van der Waals surface area contributed by atoms with E-state index in [-0.39, 0.29) is 5.50 Å². The van der Waals surface area contributed by atoms with Crippen molar-refractivity contribution in [2.75, 3.05) is 21.1 Å². The first-order valence-electron chi connectivity index (χ1n) is 4.40. The van der Waals surface area contributed by atoms with Crippen molar-refractivity contribution in [1.82, 2.24) is 15.5 Å². The van der Waals surface area contributed by atoms with Gasteiger partial charge in [-0.05, 0) is 14.0 Å². The topological polar surface area (TPSA) is 73.5 Å². The van der Waals surface area contributed by atoms with Gasteiger partial charge in [0, 0.05) is 14.1 Å². The number of thioether (sulfide) groups is 1. The normalized spacial score (nSPS) is 26.0. The van der Waals surface area contributed by atoms with E-state index < -0.39 is 5.72 Å². The molecule has 1 rings (SSSR count). The molecule has 0 saturated carbocycles. The van der Waals surface area contributed by atoms with Crippen molar-refractivity contribution in [3.63, 3.8) is 0 Å². The van der Waals surface area contributed by atoms with Crippen LogP contribution in [0, 0.1) is 0 Å². The summed E-state index contributed by atoms with van der Waals surface area (Å²) < 4.78 is 0. The first-order valence-corrected chi connectivity index (χ1v) is 5.28. The fourth-order valence-corrected chi connectivity index (χ4v) is 2.22. The van der Waals surface area contributed by atoms with E-state index in [1.54, 1.807) is 14.0 Å². The Hall–Kier alpha value is -0.430. The highest BCUT2D eigenvalue weighted by molar-refractivity contribution is 8.03. The summed E-state index contributed by atoms with van der Waals surface area (Å²) in [6.07, 6.45) is 0. The third-order valence-electron chi connectivity index (χ3n) is 2.12. The number of hydrogen-bond donors (Lipinski definition) is 4. The van der Waals surface area contributed by atoms with Gasteiger partial charge in [-0.3, -0.25) is 5.32 Å². The second kappa shape index (κ2) is 3.98. The van der Waals surface area contributed by atoms with E-state index >= 15 is 0 Å². The van der Waals surface area contributed by atoms with Gasteiger partial charge in [0.05, 0.1) is 10.7 Å². The summed E-state index contributed by atoms with van der Waals surface area (Å²) in [7, 11) is 5.55. The zero-order valence-corrected chi connectivity index (χ0v) is 9.77. The summed E-state index contributed by atoms with van der Waals surface area (Å²) in [6.45, 7) is 1.69. The second-order valence-corrected chi connectivity index (χ2v) is 4.71. The Balaban J connectivity index is 2.98. The highest BCUT2D eigenvalue weighted by Gasteiger charge is 2.34. The molecule has 82 valence electrons. The van der Waals surface area contributed by atoms with Crippen LogP contribution in [0.1, 0.15) is 6.92 Å². The molecule has 0 saturated heterocycles. The van der Waals surface area contributed by atoms with E-state index in [1.807, 2.05) is 19.0 Å². The van der Waals surface area contributed by atoms with Crippen molar-refractivity contribution in [3.8, 4) is 0 Å². The van der Waals surface area contributed by atoms with E-state index in [0.717, 1.165) is 10.7 Å². The number of hydrogen-bond acceptors (Lipinski definition) is 6. The molecular formula is C8H18N4OS. The summed E-state index contributed by atoms with van der Waals surface area (Å²) in [5.41, 5.74) is 5.21. The zero-order valence-electron chi connectivity index (χ0n) is 8.96. The van der Waals surface area contributed by atoms with Gasteiger partial charge in [0.1, 0.15) is 5.50 Å². The smallest absolute Gasteiger partial charge is 0.156 e. The Morgan fingerprint density at radius 1 is 1.64 bits per heavy atom. The predicted molar refractivity (Wildman–Crippen MR) is 59.1 cm³/mol. The molecule has 0 spiro atoms. The first-order chi connectivity index (χ1) is 6.38. The molecule has 0 bridgehead atoms.